The summed E-state index contributed by atoms with van der Waals surface area (Å²) in [6.45, 7) is 3.99. The number of nitrogens with one attached hydrogen (secondary N) is 1. The molecule has 32 heavy (non-hydrogen) atoms. The zero-order valence-corrected chi connectivity index (χ0v) is 19.7. The highest BCUT2D eigenvalue weighted by atomic mass is 32.2. The first kappa shape index (κ1) is 23.0. The van der Waals surface area contributed by atoms with Crippen LogP contribution in [0.15, 0.2) is 11.5 Å². The van der Waals surface area contributed by atoms with Gasteiger partial charge in [-0.2, -0.15) is 14.3 Å². The van der Waals surface area contributed by atoms with E-state index < -0.39 is 5.25 Å². The van der Waals surface area contributed by atoms with Crippen molar-refractivity contribution in [2.24, 2.45) is 17.8 Å². The van der Waals surface area contributed by atoms with Crippen LogP contribution in [0.25, 0.3) is 0 Å². The third-order valence-electron chi connectivity index (χ3n) is 7.32. The van der Waals surface area contributed by atoms with Crippen LogP contribution in [0.5, 0.6) is 0 Å². The minimum atomic E-state index is -0.455. The lowest BCUT2D eigenvalue weighted by molar-refractivity contribution is -0.428. The van der Waals surface area contributed by atoms with Crippen LogP contribution in [0.4, 0.5) is 4.79 Å². The number of nitrogens with zero attached hydrogens (tertiary/aromatic N) is 3. The average Bonchev–Trinajstić information content (AvgIpc) is 3.30. The van der Waals surface area contributed by atoms with E-state index in [1.807, 2.05) is 10.3 Å². The maximum atomic E-state index is 13.4. The molecule has 8 nitrogen and oxygen atoms in total. The Bertz CT molecular complexity index is 854. The molecule has 4 rings (SSSR count). The zero-order valence-electron chi connectivity index (χ0n) is 18.9. The number of hydrogen-bond donors (Lipinski definition) is 1. The van der Waals surface area contributed by atoms with Crippen LogP contribution in [-0.4, -0.2) is 82.3 Å². The quantitative estimate of drug-likeness (QED) is 0.631. The lowest BCUT2D eigenvalue weighted by Crippen LogP contribution is -2.58. The number of allylic oxidation sites excluding steroid dienone is 1. The Labute approximate surface area is 193 Å². The first-order valence-electron chi connectivity index (χ1n) is 11.7. The summed E-state index contributed by atoms with van der Waals surface area (Å²) in [6, 6.07) is -0.388. The molecule has 174 valence electrons. The lowest BCUT2D eigenvalue weighted by atomic mass is 9.81. The van der Waals surface area contributed by atoms with E-state index in [0.717, 1.165) is 51.6 Å². The van der Waals surface area contributed by atoms with Crippen LogP contribution in [0.3, 0.4) is 0 Å². The fraction of sp³-hybridized carbons (Fsp3) is 0.696. The van der Waals surface area contributed by atoms with E-state index in [0.29, 0.717) is 18.2 Å². The van der Waals surface area contributed by atoms with Crippen molar-refractivity contribution >= 4 is 41.2 Å². The number of piperidine rings is 1. The van der Waals surface area contributed by atoms with Gasteiger partial charge < -0.3 is 10.2 Å². The Kier molecular flexibility index (Phi) is 7.02. The Morgan fingerprint density at radius 2 is 1.81 bits per heavy atom. The first-order valence-corrected chi connectivity index (χ1v) is 12.6. The fourth-order valence-corrected chi connectivity index (χ4v) is 6.11. The molecule has 0 bridgehead atoms. The number of amides is 5. The van der Waals surface area contributed by atoms with E-state index in [1.165, 1.54) is 21.2 Å². The number of rotatable bonds is 5. The summed E-state index contributed by atoms with van der Waals surface area (Å²) in [5.41, 5.74) is 0.628. The van der Waals surface area contributed by atoms with Gasteiger partial charge in [0.15, 0.2) is 11.8 Å². The standard InChI is InChI=1S/C23H32N4O4S/c1-15-7-10-25(11-8-15)19(28)14-26-18-9-12-32-20(18)22(30)27(23(26)31)13-16-3-5-17(6-4-16)21(29)24-2/h9,12,15-17,20H,3-8,10-11,13-14H2,1-2H3/p+1. The van der Waals surface area contributed by atoms with Crippen molar-refractivity contribution in [3.8, 4) is 0 Å². The highest BCUT2D eigenvalue weighted by molar-refractivity contribution is 8.04. The fourth-order valence-electron chi connectivity index (χ4n) is 5.14. The smallest absolute Gasteiger partial charge is 0.359 e. The largest absolute Gasteiger partial charge is 0.501 e. The molecule has 1 atom stereocenters. The second-order valence-corrected chi connectivity index (χ2v) is 10.5. The molecule has 3 heterocycles. The molecule has 9 heteroatoms. The number of imide groups is 1. The predicted octanol–water partition coefficient (Wildman–Crippen LogP) is 1.84. The van der Waals surface area contributed by atoms with Gasteiger partial charge in [0.05, 0.1) is 0 Å². The minimum Gasteiger partial charge on any atom is -0.359 e. The summed E-state index contributed by atoms with van der Waals surface area (Å²) in [5, 5.41) is 4.09. The molecule has 1 saturated carbocycles. The molecular weight excluding hydrogens is 428 g/mol. The lowest BCUT2D eigenvalue weighted by Gasteiger charge is -2.32. The van der Waals surface area contributed by atoms with Gasteiger partial charge in [-0.15, -0.1) is 11.8 Å². The van der Waals surface area contributed by atoms with Crippen molar-refractivity contribution in [3.05, 3.63) is 11.5 Å². The summed E-state index contributed by atoms with van der Waals surface area (Å²) in [6.07, 6.45) is 6.93. The number of fused-ring (bicyclic) bond motifs is 1. The maximum absolute atomic E-state index is 13.4. The Morgan fingerprint density at radius 3 is 2.47 bits per heavy atom. The van der Waals surface area contributed by atoms with E-state index in [1.54, 1.807) is 13.1 Å². The number of hydrogen-bond acceptors (Lipinski definition) is 5. The molecule has 1 saturated heterocycles. The normalized spacial score (nSPS) is 28.9. The van der Waals surface area contributed by atoms with E-state index in [2.05, 4.69) is 12.2 Å². The van der Waals surface area contributed by atoms with Crippen LogP contribution in [-0.2, 0) is 14.4 Å². The van der Waals surface area contributed by atoms with Crippen molar-refractivity contribution < 1.29 is 23.8 Å². The van der Waals surface area contributed by atoms with Gasteiger partial charge >= 0.3 is 11.9 Å². The number of urea groups is 1. The SMILES string of the molecule is CNC(=O)C1CCC(CN2C(=O)C3SC=CC3=[N+](CC(=O)N3CCC(C)CC3)C2=O)CC1. The van der Waals surface area contributed by atoms with Crippen LogP contribution >= 0.6 is 11.8 Å². The number of carbonyl (C=O) groups excluding carboxylic acids is 4. The molecule has 4 aliphatic rings. The monoisotopic (exact) mass is 461 g/mol. The molecule has 3 aliphatic heterocycles. The number of carbonyl (C=O) groups is 4. The predicted molar refractivity (Wildman–Crippen MR) is 122 cm³/mol. The van der Waals surface area contributed by atoms with Crippen molar-refractivity contribution in [2.75, 3.05) is 33.2 Å². The van der Waals surface area contributed by atoms with Gasteiger partial charge in [0.25, 0.3) is 5.91 Å². The highest BCUT2D eigenvalue weighted by Gasteiger charge is 2.50. The van der Waals surface area contributed by atoms with E-state index in [4.69, 9.17) is 0 Å². The Morgan fingerprint density at radius 1 is 1.12 bits per heavy atom. The molecule has 0 radical (unpaired) electrons. The van der Waals surface area contributed by atoms with E-state index >= 15 is 0 Å². The third kappa shape index (κ3) is 4.63. The Balaban J connectivity index is 1.44. The average molecular weight is 462 g/mol. The van der Waals surface area contributed by atoms with Crippen molar-refractivity contribution in [1.82, 2.24) is 15.1 Å². The number of likely N-dealkylation sites (tertiary alicyclic amines) is 1. The molecule has 2 fully saturated rings. The summed E-state index contributed by atoms with van der Waals surface area (Å²) < 4.78 is 1.51. The second kappa shape index (κ2) is 9.77. The summed E-state index contributed by atoms with van der Waals surface area (Å²) >= 11 is 1.40. The van der Waals surface area contributed by atoms with Crippen LogP contribution < -0.4 is 5.32 Å². The zero-order chi connectivity index (χ0) is 22.8. The molecule has 1 aliphatic carbocycles. The minimum absolute atomic E-state index is 0.0138. The van der Waals surface area contributed by atoms with Gasteiger partial charge in [-0.3, -0.25) is 9.59 Å². The molecule has 0 spiro atoms. The van der Waals surface area contributed by atoms with E-state index in [-0.39, 0.29) is 42.1 Å². The molecular formula is C23H33N4O4S+. The van der Waals surface area contributed by atoms with Gasteiger partial charge in [0, 0.05) is 26.1 Å². The van der Waals surface area contributed by atoms with Crippen LogP contribution in [0.2, 0.25) is 0 Å². The summed E-state index contributed by atoms with van der Waals surface area (Å²) in [5.74, 6) is 0.644. The van der Waals surface area contributed by atoms with Gasteiger partial charge in [0.1, 0.15) is 12.3 Å². The van der Waals surface area contributed by atoms with Crippen molar-refractivity contribution in [1.29, 1.82) is 0 Å². The number of thioether (sulfide) groups is 1. The molecule has 0 aromatic heterocycles. The van der Waals surface area contributed by atoms with Crippen LogP contribution in [0.1, 0.15) is 45.4 Å². The van der Waals surface area contributed by atoms with Gasteiger partial charge in [-0.1, -0.05) is 6.92 Å². The molecule has 5 amide bonds. The van der Waals surface area contributed by atoms with Gasteiger partial charge in [-0.25, -0.2) is 4.79 Å². The van der Waals surface area contributed by atoms with Crippen LogP contribution in [0, 0.1) is 17.8 Å². The highest BCUT2D eigenvalue weighted by Crippen LogP contribution is 2.32. The third-order valence-corrected chi connectivity index (χ3v) is 8.33. The topological polar surface area (TPSA) is 89.8 Å². The molecule has 0 aromatic carbocycles. The van der Waals surface area contributed by atoms with Crippen molar-refractivity contribution in [2.45, 2.75) is 50.7 Å². The summed E-state index contributed by atoms with van der Waals surface area (Å²) in [7, 11) is 1.65. The second-order valence-electron chi connectivity index (χ2n) is 9.46. The van der Waals surface area contributed by atoms with Crippen molar-refractivity contribution in [3.63, 3.8) is 0 Å². The maximum Gasteiger partial charge on any atom is 0.501 e. The molecule has 1 N–H and O–H groups in total. The Hall–Kier alpha value is -2.16. The van der Waals surface area contributed by atoms with Gasteiger partial charge in [0.2, 0.25) is 5.91 Å². The van der Waals surface area contributed by atoms with Gasteiger partial charge in [-0.05, 0) is 61.8 Å². The first-order chi connectivity index (χ1) is 15.4. The summed E-state index contributed by atoms with van der Waals surface area (Å²) in [4.78, 5) is 54.5. The molecule has 0 aromatic rings. The van der Waals surface area contributed by atoms with E-state index in [9.17, 15) is 19.2 Å². The molecule has 1 unspecified atom stereocenters.